The Morgan fingerprint density at radius 2 is 2.54 bits per heavy atom. The number of aliphatic imine (C=N–C) groups is 1. The molecule has 0 aromatic carbocycles. The second kappa shape index (κ2) is 3.79. The number of carbonyl (C=O) groups is 1. The van der Waals surface area contributed by atoms with Gasteiger partial charge in [-0.25, -0.2) is 4.99 Å². The van der Waals surface area contributed by atoms with Gasteiger partial charge < -0.3 is 5.11 Å². The Bertz CT molecular complexity index is 339. The molecule has 0 radical (unpaired) electrons. The molecule has 0 aliphatic heterocycles. The molecule has 0 amide bonds. The summed E-state index contributed by atoms with van der Waals surface area (Å²) in [6, 6.07) is 0. The molecule has 0 spiro atoms. The molecule has 1 aromatic rings. The number of aromatic nitrogens is 2. The number of rotatable bonds is 3. The number of nitrogens with zero attached hydrogens (tertiary/aromatic N) is 3. The average molecular weight is 183 g/mol. The predicted octanol–water partition coefficient (Wildman–Crippen LogP) is -0.795. The summed E-state index contributed by atoms with van der Waals surface area (Å²) in [4.78, 5) is 14.0. The molecule has 0 fully saturated rings. The Morgan fingerprint density at radius 3 is 3.00 bits per heavy atom. The van der Waals surface area contributed by atoms with Gasteiger partial charge in [0.1, 0.15) is 0 Å². The van der Waals surface area contributed by atoms with Gasteiger partial charge in [-0.3, -0.25) is 9.32 Å². The van der Waals surface area contributed by atoms with E-state index in [1.165, 1.54) is 11.6 Å². The van der Waals surface area contributed by atoms with E-state index in [9.17, 15) is 9.90 Å². The van der Waals surface area contributed by atoms with Crippen LogP contribution in [0.1, 0.15) is 24.3 Å². The number of carbonyl (C=O) groups excluding carboxylic acids is 1. The van der Waals surface area contributed by atoms with Crippen LogP contribution in [-0.2, 0) is 6.54 Å². The van der Waals surface area contributed by atoms with Crippen molar-refractivity contribution in [2.75, 3.05) is 0 Å². The van der Waals surface area contributed by atoms with E-state index < -0.39 is 5.90 Å². The normalized spacial score (nSPS) is 11.7. The topological polar surface area (TPSA) is 82.4 Å². The van der Waals surface area contributed by atoms with E-state index >= 15 is 0 Å². The fraction of sp³-hybridized carbons (Fsp3) is 0.429. The molecule has 0 bridgehead atoms. The van der Waals surface area contributed by atoms with Crippen LogP contribution in [0.5, 0.6) is 0 Å². The van der Waals surface area contributed by atoms with Gasteiger partial charge in [-0.05, 0) is 24.4 Å². The van der Waals surface area contributed by atoms with Crippen LogP contribution in [0, 0.1) is 0 Å². The second-order valence-corrected chi connectivity index (χ2v) is 2.33. The zero-order valence-electron chi connectivity index (χ0n) is 7.35. The van der Waals surface area contributed by atoms with Crippen molar-refractivity contribution in [3.8, 4) is 0 Å². The van der Waals surface area contributed by atoms with Crippen LogP contribution in [-0.4, -0.2) is 17.5 Å². The van der Waals surface area contributed by atoms with E-state index in [1.807, 2.05) is 0 Å². The Balaban J connectivity index is 3.15. The molecular weight excluding hydrogens is 174 g/mol. The Hall–Kier alpha value is -1.72. The minimum Gasteiger partial charge on any atom is -0.862 e. The first-order chi connectivity index (χ1) is 6.19. The summed E-state index contributed by atoms with van der Waals surface area (Å²) in [5.74, 6) is -0.466. The smallest absolute Gasteiger partial charge is 0.339 e. The Morgan fingerprint density at radius 1 is 1.85 bits per heavy atom. The molecule has 0 saturated heterocycles. The third-order valence-electron chi connectivity index (χ3n) is 1.39. The molecule has 70 valence electrons. The minimum absolute atomic E-state index is 0.0376. The molecule has 1 heterocycles. The van der Waals surface area contributed by atoms with Gasteiger partial charge >= 0.3 is 11.6 Å². The summed E-state index contributed by atoms with van der Waals surface area (Å²) >= 11 is 0. The molecule has 0 unspecified atom stereocenters. The van der Waals surface area contributed by atoms with Gasteiger partial charge in [0.05, 0.1) is 0 Å². The maximum atomic E-state index is 10.6. The fourth-order valence-corrected chi connectivity index (χ4v) is 0.849. The van der Waals surface area contributed by atoms with E-state index in [0.717, 1.165) is 0 Å². The molecule has 0 atom stereocenters. The third kappa shape index (κ3) is 1.90. The highest BCUT2D eigenvalue weighted by atomic mass is 16.5. The number of hydrogen-bond acceptors (Lipinski definition) is 5. The van der Waals surface area contributed by atoms with E-state index in [-0.39, 0.29) is 11.6 Å². The van der Waals surface area contributed by atoms with Crippen LogP contribution in [0.2, 0.25) is 0 Å². The van der Waals surface area contributed by atoms with Gasteiger partial charge in [0.2, 0.25) is 11.6 Å². The largest absolute Gasteiger partial charge is 0.862 e. The molecule has 13 heavy (non-hydrogen) atoms. The lowest BCUT2D eigenvalue weighted by atomic mass is 10.4. The van der Waals surface area contributed by atoms with Crippen molar-refractivity contribution in [2.45, 2.75) is 20.4 Å². The molecule has 0 aliphatic rings. The maximum absolute atomic E-state index is 10.6. The summed E-state index contributed by atoms with van der Waals surface area (Å²) < 4.78 is 6.01. The van der Waals surface area contributed by atoms with Crippen molar-refractivity contribution < 1.29 is 19.1 Å². The van der Waals surface area contributed by atoms with Crippen LogP contribution >= 0.6 is 0 Å². The average Bonchev–Trinajstić information content (AvgIpc) is 2.45. The number of aldehydes is 1. The summed E-state index contributed by atoms with van der Waals surface area (Å²) in [5.41, 5.74) is 0.178. The highest BCUT2D eigenvalue weighted by Crippen LogP contribution is 2.11. The van der Waals surface area contributed by atoms with E-state index in [4.69, 9.17) is 0 Å². The Kier molecular flexibility index (Phi) is 2.73. The molecule has 1 aromatic heterocycles. The van der Waals surface area contributed by atoms with Crippen LogP contribution in [0.4, 0.5) is 5.88 Å². The highest BCUT2D eigenvalue weighted by molar-refractivity contribution is 5.79. The zero-order chi connectivity index (χ0) is 9.84. The molecule has 1 rings (SSSR count). The van der Waals surface area contributed by atoms with Crippen molar-refractivity contribution in [3.05, 3.63) is 5.69 Å². The van der Waals surface area contributed by atoms with Crippen LogP contribution in [0.3, 0.4) is 0 Å². The summed E-state index contributed by atoms with van der Waals surface area (Å²) in [6.07, 6.45) is 0.557. The molecule has 6 heteroatoms. The van der Waals surface area contributed by atoms with E-state index in [1.54, 1.807) is 6.92 Å². The molecule has 0 N–H and O–H groups in total. The van der Waals surface area contributed by atoms with E-state index in [0.29, 0.717) is 12.8 Å². The second-order valence-electron chi connectivity index (χ2n) is 2.33. The summed E-state index contributed by atoms with van der Waals surface area (Å²) in [5, 5.41) is 14.1. The van der Waals surface area contributed by atoms with Crippen LogP contribution in [0.15, 0.2) is 9.52 Å². The molecule has 0 saturated carbocycles. The van der Waals surface area contributed by atoms with Gasteiger partial charge in [0.25, 0.3) is 0 Å². The number of hydrogen-bond donors (Lipinski definition) is 0. The highest BCUT2D eigenvalue weighted by Gasteiger charge is 2.21. The first-order valence-corrected chi connectivity index (χ1v) is 3.76. The molecule has 0 aliphatic carbocycles. The van der Waals surface area contributed by atoms with Crippen LogP contribution in [0.25, 0.3) is 0 Å². The maximum Gasteiger partial charge on any atom is 0.339 e. The lowest BCUT2D eigenvalue weighted by molar-refractivity contribution is -0.760. The Labute approximate surface area is 74.5 Å². The number of aryl methyl sites for hydroxylation is 1. The van der Waals surface area contributed by atoms with Gasteiger partial charge in [-0.1, -0.05) is 0 Å². The fourth-order valence-electron chi connectivity index (χ4n) is 0.849. The quantitative estimate of drug-likeness (QED) is 0.266. The molecular formula is C7H9N3O3. The van der Waals surface area contributed by atoms with Crippen molar-refractivity contribution in [3.63, 3.8) is 0 Å². The summed E-state index contributed by atoms with van der Waals surface area (Å²) in [7, 11) is 0. The van der Waals surface area contributed by atoms with Gasteiger partial charge in [0.15, 0.2) is 6.54 Å². The van der Waals surface area contributed by atoms with Crippen LogP contribution < -0.4 is 9.79 Å². The molecule has 6 nitrogen and oxygen atoms in total. The van der Waals surface area contributed by atoms with E-state index in [2.05, 4.69) is 14.8 Å². The van der Waals surface area contributed by atoms with Gasteiger partial charge in [0, 0.05) is 0 Å². The van der Waals surface area contributed by atoms with Gasteiger partial charge in [-0.15, -0.1) is 0 Å². The zero-order valence-corrected chi connectivity index (χ0v) is 7.35. The van der Waals surface area contributed by atoms with Crippen molar-refractivity contribution >= 4 is 18.1 Å². The first-order valence-electron chi connectivity index (χ1n) is 3.76. The lowest BCUT2D eigenvalue weighted by Gasteiger charge is -1.96. The SMILES string of the molecule is CC[n+]1noc(/N=C(/C)[O-])c1C=O. The predicted molar refractivity (Wildman–Crippen MR) is 40.5 cm³/mol. The standard InChI is InChI=1S/C7H9N3O3/c1-3-10-6(4-11)7(13-9-10)8-5(2)12/h4H,3H2,1-2H3. The summed E-state index contributed by atoms with van der Waals surface area (Å²) in [6.45, 7) is 3.56. The third-order valence-corrected chi connectivity index (χ3v) is 1.39. The minimum atomic E-state index is -0.428. The lowest BCUT2D eigenvalue weighted by Crippen LogP contribution is -2.37. The van der Waals surface area contributed by atoms with Gasteiger partial charge in [-0.2, -0.15) is 0 Å². The van der Waals surface area contributed by atoms with Crippen molar-refractivity contribution in [1.29, 1.82) is 0 Å². The van der Waals surface area contributed by atoms with Crippen molar-refractivity contribution in [1.82, 2.24) is 5.27 Å². The van der Waals surface area contributed by atoms with Crippen molar-refractivity contribution in [2.24, 2.45) is 4.99 Å². The first kappa shape index (κ1) is 9.37. The monoisotopic (exact) mass is 183 g/mol.